The maximum Gasteiger partial charge on any atom is 0.316 e. The number of likely N-dealkylation sites (N-methyl/N-ethyl adjacent to an activating group) is 2. The van der Waals surface area contributed by atoms with Crippen LogP contribution in [0.25, 0.3) is 21.8 Å². The average Bonchev–Trinajstić information content (AvgIpc) is 3.79. The lowest BCUT2D eigenvalue weighted by atomic mass is 9.96. The number of nitrogens with one attached hydrogen (secondary N) is 4. The number of benzene rings is 2. The fourth-order valence-corrected chi connectivity index (χ4v) is 10.3. The highest BCUT2D eigenvalue weighted by Gasteiger charge is 2.41. The number of allylic oxidation sites excluding steroid dienone is 1. The van der Waals surface area contributed by atoms with Crippen LogP contribution >= 0.6 is 0 Å². The van der Waals surface area contributed by atoms with Crippen LogP contribution in [-0.2, 0) is 51.9 Å². The number of carbonyl (C=O) groups excluding carboxylic acids is 7. The van der Waals surface area contributed by atoms with Crippen LogP contribution in [0.15, 0.2) is 79.7 Å². The fourth-order valence-electron chi connectivity index (χ4n) is 10.3. The normalized spacial score (nSPS) is 23.6. The first-order valence-corrected chi connectivity index (χ1v) is 27.2. The lowest BCUT2D eigenvalue weighted by Gasteiger charge is -2.38. The molecule has 6 rings (SSSR count). The van der Waals surface area contributed by atoms with E-state index in [9.17, 15) is 19.2 Å². The Morgan fingerprint density at radius 1 is 0.753 bits per heavy atom. The van der Waals surface area contributed by atoms with Gasteiger partial charge in [0, 0.05) is 62.2 Å². The van der Waals surface area contributed by atoms with Crippen LogP contribution in [-0.4, -0.2) is 141 Å². The van der Waals surface area contributed by atoms with Gasteiger partial charge in [-0.1, -0.05) is 84.0 Å². The van der Waals surface area contributed by atoms with Gasteiger partial charge in [0.25, 0.3) is 0 Å². The van der Waals surface area contributed by atoms with E-state index in [4.69, 9.17) is 4.74 Å². The predicted molar refractivity (Wildman–Crippen MR) is 298 cm³/mol. The van der Waals surface area contributed by atoms with E-state index in [0.717, 1.165) is 16.5 Å². The number of rotatable bonds is 14. The van der Waals surface area contributed by atoms with E-state index in [1.165, 1.54) is 42.8 Å². The molecule has 4 heterocycles. The van der Waals surface area contributed by atoms with E-state index >= 15 is 14.4 Å². The Morgan fingerprint density at radius 2 is 1.40 bits per heavy atom. The van der Waals surface area contributed by atoms with Crippen molar-refractivity contribution >= 4 is 63.2 Å². The first-order valence-electron chi connectivity index (χ1n) is 27.2. The van der Waals surface area contributed by atoms with Gasteiger partial charge in [0.1, 0.15) is 42.3 Å². The van der Waals surface area contributed by atoms with Gasteiger partial charge >= 0.3 is 6.01 Å². The van der Waals surface area contributed by atoms with Crippen molar-refractivity contribution in [1.82, 2.24) is 50.5 Å². The highest BCUT2D eigenvalue weighted by atomic mass is 16.5. The smallest absolute Gasteiger partial charge is 0.316 e. The standard InChI is InChI=1S/C59H82N10O8/c1-14-59(9,10)69-34-41(42-20-17-18-21-47(42)69)32-46-56(75)67(12)49(28-36(4)5)53(72)63-45(31-39-24-26-43-40(30-39)33-60-58(65-43)77-13)52(71)61-38(8)55(74)66(11)48-22-16-15-19-27-68(57(48)76)50(29-37(6)7)54(73)62-44(51(70)64-46)25-23-35(2)3/h14-18,20-21,24,26,30,33-38,44-46,48-50H,1,19,22-23,25,27-29,31-32H2,2-13H3,(H,61,71)(H,62,73)(H,63,72)(H,64,70)/b16-15-/t38-,44-,45-,46-,48-,49-,50-/m0/s1. The van der Waals surface area contributed by atoms with Gasteiger partial charge < -0.3 is 45.3 Å². The first kappa shape index (κ1) is 59.1. The third-order valence-electron chi connectivity index (χ3n) is 14.9. The molecule has 2 aromatic carbocycles. The first-order chi connectivity index (χ1) is 36.4. The minimum Gasteiger partial charge on any atom is -0.467 e. The van der Waals surface area contributed by atoms with E-state index in [2.05, 4.69) is 42.4 Å². The van der Waals surface area contributed by atoms with E-state index < -0.39 is 89.2 Å². The Morgan fingerprint density at radius 3 is 2.08 bits per heavy atom. The summed E-state index contributed by atoms with van der Waals surface area (Å²) in [5, 5.41) is 13.4. The number of carbonyl (C=O) groups is 7. The molecule has 77 heavy (non-hydrogen) atoms. The van der Waals surface area contributed by atoms with Gasteiger partial charge in [-0.05, 0) is 106 Å². The maximum absolute atomic E-state index is 15.5. The van der Waals surface area contributed by atoms with Crippen LogP contribution in [0.4, 0.5) is 0 Å². The van der Waals surface area contributed by atoms with Crippen molar-refractivity contribution in [2.45, 2.75) is 162 Å². The zero-order valence-corrected chi connectivity index (χ0v) is 47.2. The molecule has 7 atom stereocenters. The molecule has 7 amide bonds. The van der Waals surface area contributed by atoms with Crippen molar-refractivity contribution < 1.29 is 38.3 Å². The minimum absolute atomic E-state index is 0.00565. The van der Waals surface area contributed by atoms with Crippen LogP contribution < -0.4 is 26.0 Å². The van der Waals surface area contributed by atoms with Gasteiger partial charge in [-0.3, -0.25) is 33.6 Å². The Hall–Kier alpha value is -7.11. The lowest BCUT2D eigenvalue weighted by Crippen LogP contribution is -2.61. The maximum atomic E-state index is 15.5. The molecule has 2 aliphatic heterocycles. The number of amides is 7. The van der Waals surface area contributed by atoms with Crippen molar-refractivity contribution in [1.29, 1.82) is 0 Å². The number of methoxy groups -OCH3 is 1. The molecule has 2 aromatic heterocycles. The summed E-state index contributed by atoms with van der Waals surface area (Å²) in [6.45, 7) is 21.6. The van der Waals surface area contributed by atoms with Crippen molar-refractivity contribution in [3.8, 4) is 6.01 Å². The molecule has 0 unspecified atom stereocenters. The lowest BCUT2D eigenvalue weighted by molar-refractivity contribution is -0.150. The molecule has 4 N–H and O–H groups in total. The summed E-state index contributed by atoms with van der Waals surface area (Å²) in [5.41, 5.74) is 2.33. The van der Waals surface area contributed by atoms with Crippen molar-refractivity contribution in [2.75, 3.05) is 27.7 Å². The van der Waals surface area contributed by atoms with Gasteiger partial charge in [-0.25, -0.2) is 4.98 Å². The second kappa shape index (κ2) is 25.8. The van der Waals surface area contributed by atoms with Crippen LogP contribution in [0.1, 0.15) is 112 Å². The zero-order chi connectivity index (χ0) is 56.5. The second-order valence-corrected chi connectivity index (χ2v) is 22.7. The molecule has 18 heteroatoms. The molecule has 0 spiro atoms. The Bertz CT molecular complexity index is 2840. The molecule has 0 radical (unpaired) electrons. The van der Waals surface area contributed by atoms with Gasteiger partial charge in [0.15, 0.2) is 0 Å². The summed E-state index contributed by atoms with van der Waals surface area (Å²) >= 11 is 0. The van der Waals surface area contributed by atoms with Crippen molar-refractivity contribution in [3.05, 3.63) is 90.8 Å². The van der Waals surface area contributed by atoms with E-state index in [0.29, 0.717) is 29.3 Å². The molecule has 1 fully saturated rings. The number of para-hydroxylation sites is 1. The third-order valence-corrected chi connectivity index (χ3v) is 14.9. The SMILES string of the molecule is C=CC(C)(C)n1cc(C[C@@H]2NC(=O)[C@H](CCC(C)C)NC(=O)[C@H](CC(C)C)N3CC/C=C\C[C@@H](C3=O)N(C)C(=O)[C@H](C)NC(=O)[C@H](Cc3ccc4nc(OC)ncc4c3)NC(=O)[C@H](CC(C)C)N(C)C2=O)c2ccccc21. The molecule has 416 valence electrons. The predicted octanol–water partition coefficient (Wildman–Crippen LogP) is 6.00. The van der Waals surface area contributed by atoms with Crippen LogP contribution in [0, 0.1) is 17.8 Å². The van der Waals surface area contributed by atoms with Crippen LogP contribution in [0.3, 0.4) is 0 Å². The van der Waals surface area contributed by atoms with E-state index in [1.54, 1.807) is 24.4 Å². The number of hydrogen-bond donors (Lipinski definition) is 4. The molecule has 18 nitrogen and oxygen atoms in total. The van der Waals surface area contributed by atoms with Gasteiger partial charge in [0.05, 0.1) is 18.2 Å². The molecule has 0 aliphatic carbocycles. The summed E-state index contributed by atoms with van der Waals surface area (Å²) in [5.74, 6) is -4.11. The van der Waals surface area contributed by atoms with Crippen LogP contribution in [0.2, 0.25) is 0 Å². The number of hydrogen-bond acceptors (Lipinski definition) is 10. The van der Waals surface area contributed by atoms with Crippen LogP contribution in [0.5, 0.6) is 6.01 Å². The zero-order valence-electron chi connectivity index (χ0n) is 47.2. The number of aromatic nitrogens is 3. The van der Waals surface area contributed by atoms with E-state index in [-0.39, 0.29) is 68.8 Å². The Balaban J connectivity index is 1.51. The molecular formula is C59H82N10O8. The number of ether oxygens (including phenoxy) is 1. The summed E-state index contributed by atoms with van der Waals surface area (Å²) in [6, 6.07) is 5.24. The molecule has 0 saturated carbocycles. The molecule has 1 saturated heterocycles. The molecule has 4 aromatic rings. The van der Waals surface area contributed by atoms with Gasteiger partial charge in [-0.15, -0.1) is 6.58 Å². The summed E-state index contributed by atoms with van der Waals surface area (Å²) in [4.78, 5) is 118. The fraction of sp³-hybridized carbons (Fsp3) is 0.542. The van der Waals surface area contributed by atoms with Gasteiger partial charge in [0.2, 0.25) is 41.4 Å². The third kappa shape index (κ3) is 14.5. The number of nitrogens with zero attached hydrogens (tertiary/aromatic N) is 6. The topological polar surface area (TPSA) is 217 Å². The van der Waals surface area contributed by atoms with Crippen molar-refractivity contribution in [3.63, 3.8) is 0 Å². The largest absolute Gasteiger partial charge is 0.467 e. The monoisotopic (exact) mass is 1060 g/mol. The number of fused-ring (bicyclic) bond motifs is 4. The summed E-state index contributed by atoms with van der Waals surface area (Å²) in [6.07, 6.45) is 10.9. The van der Waals surface area contributed by atoms with Gasteiger partial charge in [-0.2, -0.15) is 4.98 Å². The molecule has 2 aliphatic rings. The summed E-state index contributed by atoms with van der Waals surface area (Å²) < 4.78 is 7.30. The highest BCUT2D eigenvalue weighted by molar-refractivity contribution is 5.99. The van der Waals surface area contributed by atoms with Crippen molar-refractivity contribution in [2.24, 2.45) is 17.8 Å². The summed E-state index contributed by atoms with van der Waals surface area (Å²) in [7, 11) is 4.50. The quantitative estimate of drug-likeness (QED) is 0.108. The highest BCUT2D eigenvalue weighted by Crippen LogP contribution is 2.30. The second-order valence-electron chi connectivity index (χ2n) is 22.7. The van der Waals surface area contributed by atoms with E-state index in [1.807, 2.05) is 104 Å². The Kier molecular flexibility index (Phi) is 19.8. The average molecular weight is 1060 g/mol. The molecule has 2 bridgehead atoms. The Labute approximate surface area is 454 Å². The minimum atomic E-state index is -1.28. The molecular weight excluding hydrogens is 977 g/mol.